The molecule has 0 aromatic heterocycles. The van der Waals surface area contributed by atoms with E-state index in [1.165, 1.54) is 38.8 Å². The zero-order chi connectivity index (χ0) is 12.0. The van der Waals surface area contributed by atoms with E-state index in [0.29, 0.717) is 6.04 Å². The predicted octanol–water partition coefficient (Wildman–Crippen LogP) is 2.49. The molecule has 2 atom stereocenters. The molecule has 1 heterocycles. The molecule has 0 radical (unpaired) electrons. The average Bonchev–Trinajstić information content (AvgIpc) is 3.13. The Balaban J connectivity index is 1.69. The first kappa shape index (κ1) is 12.0. The fraction of sp³-hybridized carbons (Fsp3) is 1.00. The van der Waals surface area contributed by atoms with Crippen LogP contribution in [-0.2, 0) is 0 Å². The van der Waals surface area contributed by atoms with Gasteiger partial charge in [-0.15, -0.1) is 0 Å². The standard InChI is InChI=1S/C15H28N2/c1-10(2)14-9-17(11(3)8-16-14)15(12-4-5-12)13-6-7-13/h10-16H,4-9H2,1-3H3. The first-order valence-corrected chi connectivity index (χ1v) is 7.66. The summed E-state index contributed by atoms with van der Waals surface area (Å²) in [5, 5.41) is 3.73. The van der Waals surface area contributed by atoms with Gasteiger partial charge in [-0.25, -0.2) is 0 Å². The summed E-state index contributed by atoms with van der Waals surface area (Å²) in [4.78, 5) is 2.87. The monoisotopic (exact) mass is 236 g/mol. The molecule has 2 nitrogen and oxygen atoms in total. The molecule has 0 amide bonds. The third-order valence-corrected chi connectivity index (χ3v) is 5.05. The van der Waals surface area contributed by atoms with Gasteiger partial charge < -0.3 is 5.32 Å². The van der Waals surface area contributed by atoms with Crippen molar-refractivity contribution in [2.24, 2.45) is 17.8 Å². The van der Waals surface area contributed by atoms with Crippen molar-refractivity contribution in [1.29, 1.82) is 0 Å². The lowest BCUT2D eigenvalue weighted by molar-refractivity contribution is 0.0568. The zero-order valence-corrected chi connectivity index (χ0v) is 11.7. The highest BCUT2D eigenvalue weighted by atomic mass is 15.3. The van der Waals surface area contributed by atoms with Crippen molar-refractivity contribution in [3.05, 3.63) is 0 Å². The van der Waals surface area contributed by atoms with Crippen LogP contribution in [0.5, 0.6) is 0 Å². The van der Waals surface area contributed by atoms with E-state index in [-0.39, 0.29) is 0 Å². The molecule has 0 aromatic rings. The van der Waals surface area contributed by atoms with Crippen molar-refractivity contribution in [2.75, 3.05) is 13.1 Å². The Kier molecular flexibility index (Phi) is 3.20. The van der Waals surface area contributed by atoms with Crippen molar-refractivity contribution in [3.63, 3.8) is 0 Å². The van der Waals surface area contributed by atoms with E-state index in [9.17, 15) is 0 Å². The Morgan fingerprint density at radius 2 is 1.65 bits per heavy atom. The van der Waals surface area contributed by atoms with Crippen molar-refractivity contribution < 1.29 is 0 Å². The molecule has 2 aliphatic carbocycles. The number of hydrogen-bond donors (Lipinski definition) is 1. The van der Waals surface area contributed by atoms with Crippen LogP contribution in [-0.4, -0.2) is 36.1 Å². The minimum atomic E-state index is 0.714. The summed E-state index contributed by atoms with van der Waals surface area (Å²) in [6, 6.07) is 2.40. The van der Waals surface area contributed by atoms with Crippen LogP contribution in [0.25, 0.3) is 0 Å². The van der Waals surface area contributed by atoms with Gasteiger partial charge in [0.15, 0.2) is 0 Å². The third-order valence-electron chi connectivity index (χ3n) is 5.05. The molecule has 2 heteroatoms. The Hall–Kier alpha value is -0.0800. The highest BCUT2D eigenvalue weighted by Crippen LogP contribution is 2.48. The van der Waals surface area contributed by atoms with E-state index in [0.717, 1.165) is 29.8 Å². The summed E-state index contributed by atoms with van der Waals surface area (Å²) in [5.41, 5.74) is 0. The maximum Gasteiger partial charge on any atom is 0.0218 e. The molecule has 1 N–H and O–H groups in total. The molecule has 3 rings (SSSR count). The van der Waals surface area contributed by atoms with Crippen LogP contribution >= 0.6 is 0 Å². The van der Waals surface area contributed by atoms with E-state index in [4.69, 9.17) is 0 Å². The van der Waals surface area contributed by atoms with Crippen LogP contribution in [0.3, 0.4) is 0 Å². The van der Waals surface area contributed by atoms with E-state index in [1.807, 2.05) is 0 Å². The smallest absolute Gasteiger partial charge is 0.0218 e. The summed E-state index contributed by atoms with van der Waals surface area (Å²) in [6.07, 6.45) is 6.02. The van der Waals surface area contributed by atoms with Gasteiger partial charge in [0, 0.05) is 31.2 Å². The van der Waals surface area contributed by atoms with Gasteiger partial charge in [0.1, 0.15) is 0 Å². The molecule has 1 saturated heterocycles. The summed E-state index contributed by atoms with van der Waals surface area (Å²) in [6.45, 7) is 9.61. The molecule has 0 bridgehead atoms. The Morgan fingerprint density at radius 3 is 2.12 bits per heavy atom. The van der Waals surface area contributed by atoms with E-state index < -0.39 is 0 Å². The second kappa shape index (κ2) is 4.55. The minimum Gasteiger partial charge on any atom is -0.311 e. The van der Waals surface area contributed by atoms with Gasteiger partial charge in [-0.05, 0) is 50.4 Å². The maximum atomic E-state index is 3.73. The molecule has 3 aliphatic rings. The molecule has 0 spiro atoms. The third kappa shape index (κ3) is 2.53. The van der Waals surface area contributed by atoms with Gasteiger partial charge in [-0.2, -0.15) is 0 Å². The Labute approximate surface area is 106 Å². The van der Waals surface area contributed by atoms with Crippen LogP contribution in [0.4, 0.5) is 0 Å². The molecule has 2 saturated carbocycles. The molecular weight excluding hydrogens is 208 g/mol. The zero-order valence-electron chi connectivity index (χ0n) is 11.7. The molecule has 98 valence electrons. The Morgan fingerprint density at radius 1 is 1.06 bits per heavy atom. The van der Waals surface area contributed by atoms with Gasteiger partial charge in [0.25, 0.3) is 0 Å². The van der Waals surface area contributed by atoms with Gasteiger partial charge in [0.2, 0.25) is 0 Å². The summed E-state index contributed by atoms with van der Waals surface area (Å²) in [5.74, 6) is 2.87. The second-order valence-electron chi connectivity index (χ2n) is 6.97. The Bertz CT molecular complexity index is 256. The molecule has 3 fully saturated rings. The molecular formula is C15H28N2. The van der Waals surface area contributed by atoms with Crippen molar-refractivity contribution in [1.82, 2.24) is 10.2 Å². The number of hydrogen-bond acceptors (Lipinski definition) is 2. The van der Waals surface area contributed by atoms with Crippen molar-refractivity contribution >= 4 is 0 Å². The van der Waals surface area contributed by atoms with Crippen LogP contribution in [0.1, 0.15) is 46.5 Å². The van der Waals surface area contributed by atoms with Gasteiger partial charge in [-0.1, -0.05) is 13.8 Å². The van der Waals surface area contributed by atoms with E-state index >= 15 is 0 Å². The lowest BCUT2D eigenvalue weighted by atomic mass is 9.95. The summed E-state index contributed by atoms with van der Waals surface area (Å²) < 4.78 is 0. The summed E-state index contributed by atoms with van der Waals surface area (Å²) in [7, 11) is 0. The highest BCUT2D eigenvalue weighted by Gasteiger charge is 2.47. The number of nitrogens with one attached hydrogen (secondary N) is 1. The van der Waals surface area contributed by atoms with E-state index in [2.05, 4.69) is 31.0 Å². The molecule has 2 unspecified atom stereocenters. The van der Waals surface area contributed by atoms with Crippen LogP contribution in [0, 0.1) is 17.8 Å². The van der Waals surface area contributed by atoms with Crippen molar-refractivity contribution in [2.45, 2.75) is 64.6 Å². The first-order valence-electron chi connectivity index (χ1n) is 7.66. The van der Waals surface area contributed by atoms with Crippen LogP contribution in [0.2, 0.25) is 0 Å². The quantitative estimate of drug-likeness (QED) is 0.807. The predicted molar refractivity (Wildman–Crippen MR) is 72.0 cm³/mol. The lowest BCUT2D eigenvalue weighted by Crippen LogP contribution is -2.60. The SMILES string of the molecule is CC(C)C1CN(C(C2CC2)C2CC2)C(C)CN1. The summed E-state index contributed by atoms with van der Waals surface area (Å²) >= 11 is 0. The highest BCUT2D eigenvalue weighted by molar-refractivity contribution is 5.01. The molecule has 17 heavy (non-hydrogen) atoms. The first-order chi connectivity index (χ1) is 8.16. The average molecular weight is 236 g/mol. The largest absolute Gasteiger partial charge is 0.311 e. The fourth-order valence-electron chi connectivity index (χ4n) is 3.57. The van der Waals surface area contributed by atoms with E-state index in [1.54, 1.807) is 0 Å². The van der Waals surface area contributed by atoms with Crippen molar-refractivity contribution in [3.8, 4) is 0 Å². The normalized spacial score (nSPS) is 35.8. The fourth-order valence-corrected chi connectivity index (χ4v) is 3.57. The number of piperazine rings is 1. The van der Waals surface area contributed by atoms with Crippen LogP contribution < -0.4 is 5.32 Å². The number of rotatable bonds is 4. The van der Waals surface area contributed by atoms with Gasteiger partial charge >= 0.3 is 0 Å². The number of nitrogens with zero attached hydrogens (tertiary/aromatic N) is 1. The molecule has 1 aliphatic heterocycles. The lowest BCUT2D eigenvalue weighted by Gasteiger charge is -2.45. The molecule has 0 aromatic carbocycles. The van der Waals surface area contributed by atoms with Gasteiger partial charge in [-0.3, -0.25) is 4.90 Å². The minimum absolute atomic E-state index is 0.714. The topological polar surface area (TPSA) is 15.3 Å². The maximum absolute atomic E-state index is 3.73. The second-order valence-corrected chi connectivity index (χ2v) is 6.97. The van der Waals surface area contributed by atoms with Gasteiger partial charge in [0.05, 0.1) is 0 Å². The van der Waals surface area contributed by atoms with Crippen LogP contribution in [0.15, 0.2) is 0 Å².